The third-order valence-electron chi connectivity index (χ3n) is 5.47. The Hall–Kier alpha value is -3.62. The molecule has 1 atom stereocenters. The van der Waals surface area contributed by atoms with Crippen molar-refractivity contribution in [3.8, 4) is 11.6 Å². The van der Waals surface area contributed by atoms with Crippen molar-refractivity contribution in [2.24, 2.45) is 0 Å². The quantitative estimate of drug-likeness (QED) is 0.472. The van der Waals surface area contributed by atoms with Crippen LogP contribution in [0.1, 0.15) is 28.4 Å². The molecular formula is C22H17F3N4O2. The zero-order valence-corrected chi connectivity index (χ0v) is 16.2. The number of rotatable bonds is 3. The van der Waals surface area contributed by atoms with Crippen molar-refractivity contribution in [1.29, 1.82) is 0 Å². The number of halogens is 3. The van der Waals surface area contributed by atoms with Crippen LogP contribution >= 0.6 is 0 Å². The molecule has 1 saturated heterocycles. The first-order valence-corrected chi connectivity index (χ1v) is 9.75. The fourth-order valence-corrected chi connectivity index (χ4v) is 3.98. The van der Waals surface area contributed by atoms with E-state index in [9.17, 15) is 18.0 Å². The number of furan rings is 1. The van der Waals surface area contributed by atoms with E-state index in [0.29, 0.717) is 36.7 Å². The number of hydrogen-bond acceptors (Lipinski definition) is 4. The van der Waals surface area contributed by atoms with Gasteiger partial charge in [0.2, 0.25) is 0 Å². The summed E-state index contributed by atoms with van der Waals surface area (Å²) in [6.45, 7) is 0.879. The fraction of sp³-hybridized carbons (Fsp3) is 0.227. The number of imidazole rings is 1. The number of hydrogen-bond donors (Lipinski definition) is 0. The standard InChI is InChI=1S/C22H17F3N4O2/c23-22(24,25)15-7-5-14(6-8-15)21(30)28-11-9-16(13-28)29-19-17(3-1-10-26-19)27-20(29)18-4-2-12-31-18/h1-8,10,12,16H,9,11,13H2. The SMILES string of the molecule is O=C(c1ccc(C(F)(F)F)cc1)N1CCC(n2c(-c3ccco3)nc3cccnc32)C1. The van der Waals surface area contributed by atoms with Crippen LogP contribution in [0.5, 0.6) is 0 Å². The highest BCUT2D eigenvalue weighted by Gasteiger charge is 2.33. The van der Waals surface area contributed by atoms with Gasteiger partial charge in [0, 0.05) is 24.8 Å². The highest BCUT2D eigenvalue weighted by molar-refractivity contribution is 5.94. The molecule has 0 radical (unpaired) electrons. The van der Waals surface area contributed by atoms with E-state index < -0.39 is 11.7 Å². The van der Waals surface area contributed by atoms with Crippen LogP contribution in [-0.2, 0) is 6.18 Å². The van der Waals surface area contributed by atoms with E-state index in [1.165, 1.54) is 12.1 Å². The number of fused-ring (bicyclic) bond motifs is 1. The first-order chi connectivity index (χ1) is 14.9. The average molecular weight is 426 g/mol. The molecule has 0 aliphatic carbocycles. The van der Waals surface area contributed by atoms with Crippen LogP contribution in [0.15, 0.2) is 65.4 Å². The normalized spacial score (nSPS) is 16.9. The van der Waals surface area contributed by atoms with E-state index in [2.05, 4.69) is 9.97 Å². The summed E-state index contributed by atoms with van der Waals surface area (Å²) in [4.78, 5) is 23.7. The minimum absolute atomic E-state index is 0.0848. The fourth-order valence-electron chi connectivity index (χ4n) is 3.98. The molecule has 0 spiro atoms. The van der Waals surface area contributed by atoms with Gasteiger partial charge in [-0.25, -0.2) is 9.97 Å². The lowest BCUT2D eigenvalue weighted by molar-refractivity contribution is -0.137. The van der Waals surface area contributed by atoms with E-state index in [1.807, 2.05) is 16.7 Å². The summed E-state index contributed by atoms with van der Waals surface area (Å²) >= 11 is 0. The average Bonchev–Trinajstić information content (AvgIpc) is 3.51. The summed E-state index contributed by atoms with van der Waals surface area (Å²) in [7, 11) is 0. The Morgan fingerprint density at radius 1 is 1.10 bits per heavy atom. The Bertz CT molecular complexity index is 1230. The largest absolute Gasteiger partial charge is 0.461 e. The van der Waals surface area contributed by atoms with Gasteiger partial charge in [0.15, 0.2) is 17.2 Å². The molecule has 158 valence electrons. The van der Waals surface area contributed by atoms with Crippen LogP contribution in [0.25, 0.3) is 22.7 Å². The Morgan fingerprint density at radius 2 is 1.90 bits per heavy atom. The molecule has 4 aromatic rings. The van der Waals surface area contributed by atoms with Gasteiger partial charge < -0.3 is 13.9 Å². The zero-order valence-electron chi connectivity index (χ0n) is 16.2. The maximum absolute atomic E-state index is 12.9. The van der Waals surface area contributed by atoms with E-state index in [4.69, 9.17) is 4.42 Å². The van der Waals surface area contributed by atoms with Crippen molar-refractivity contribution in [2.75, 3.05) is 13.1 Å². The van der Waals surface area contributed by atoms with Crippen LogP contribution in [-0.4, -0.2) is 38.4 Å². The van der Waals surface area contributed by atoms with Gasteiger partial charge in [-0.2, -0.15) is 13.2 Å². The molecule has 0 N–H and O–H groups in total. The second kappa shape index (κ2) is 7.26. The molecule has 4 heterocycles. The van der Waals surface area contributed by atoms with Crippen molar-refractivity contribution in [3.05, 3.63) is 72.1 Å². The summed E-state index contributed by atoms with van der Waals surface area (Å²) in [6, 6.07) is 11.5. The monoisotopic (exact) mass is 426 g/mol. The number of amides is 1. The van der Waals surface area contributed by atoms with Crippen molar-refractivity contribution in [3.63, 3.8) is 0 Å². The molecule has 31 heavy (non-hydrogen) atoms. The van der Waals surface area contributed by atoms with Gasteiger partial charge in [0.25, 0.3) is 5.91 Å². The Balaban J connectivity index is 1.43. The molecule has 1 aliphatic rings. The van der Waals surface area contributed by atoms with Crippen LogP contribution < -0.4 is 0 Å². The molecule has 3 aromatic heterocycles. The number of carbonyl (C=O) groups is 1. The van der Waals surface area contributed by atoms with Crippen LogP contribution in [0.3, 0.4) is 0 Å². The summed E-state index contributed by atoms with van der Waals surface area (Å²) in [6.07, 6.45) is -0.506. The van der Waals surface area contributed by atoms with E-state index >= 15 is 0 Å². The van der Waals surface area contributed by atoms with Gasteiger partial charge in [-0.05, 0) is 55.0 Å². The second-order valence-corrected chi connectivity index (χ2v) is 7.40. The number of likely N-dealkylation sites (tertiary alicyclic amines) is 1. The van der Waals surface area contributed by atoms with E-state index in [-0.39, 0.29) is 17.5 Å². The smallest absolute Gasteiger partial charge is 0.416 e. The second-order valence-electron chi connectivity index (χ2n) is 7.40. The predicted octanol–water partition coefficient (Wildman–Crippen LogP) is 4.80. The topological polar surface area (TPSA) is 64.2 Å². The molecule has 0 bridgehead atoms. The molecule has 0 saturated carbocycles. The number of alkyl halides is 3. The lowest BCUT2D eigenvalue weighted by Gasteiger charge is -2.19. The third-order valence-corrected chi connectivity index (χ3v) is 5.47. The molecule has 1 unspecified atom stereocenters. The Kier molecular flexibility index (Phi) is 4.53. The maximum Gasteiger partial charge on any atom is 0.416 e. The molecule has 1 aromatic carbocycles. The van der Waals surface area contributed by atoms with E-state index in [0.717, 1.165) is 17.6 Å². The third kappa shape index (κ3) is 3.45. The minimum atomic E-state index is -4.43. The van der Waals surface area contributed by atoms with Crippen LogP contribution in [0, 0.1) is 0 Å². The summed E-state index contributed by atoms with van der Waals surface area (Å²) in [5.41, 5.74) is 0.875. The highest BCUT2D eigenvalue weighted by Crippen LogP contribution is 2.33. The van der Waals surface area contributed by atoms with Gasteiger partial charge >= 0.3 is 6.18 Å². The molecule has 1 aliphatic heterocycles. The first-order valence-electron chi connectivity index (χ1n) is 9.75. The lowest BCUT2D eigenvalue weighted by Crippen LogP contribution is -2.29. The summed E-state index contributed by atoms with van der Waals surface area (Å²) in [5.74, 6) is 0.936. The van der Waals surface area contributed by atoms with Crippen molar-refractivity contribution >= 4 is 17.1 Å². The van der Waals surface area contributed by atoms with Crippen molar-refractivity contribution < 1.29 is 22.4 Å². The number of carbonyl (C=O) groups excluding carboxylic acids is 1. The zero-order chi connectivity index (χ0) is 21.6. The molecular weight excluding hydrogens is 409 g/mol. The molecule has 6 nitrogen and oxygen atoms in total. The van der Waals surface area contributed by atoms with Gasteiger partial charge in [-0.15, -0.1) is 0 Å². The van der Waals surface area contributed by atoms with Gasteiger partial charge in [-0.3, -0.25) is 4.79 Å². The Morgan fingerprint density at radius 3 is 2.61 bits per heavy atom. The number of pyridine rings is 1. The van der Waals surface area contributed by atoms with Gasteiger partial charge in [0.05, 0.1) is 17.9 Å². The van der Waals surface area contributed by atoms with Crippen molar-refractivity contribution in [1.82, 2.24) is 19.4 Å². The maximum atomic E-state index is 12.9. The predicted molar refractivity (Wildman–Crippen MR) is 106 cm³/mol. The number of nitrogens with zero attached hydrogens (tertiary/aromatic N) is 4. The molecule has 1 fully saturated rings. The molecule has 5 rings (SSSR count). The highest BCUT2D eigenvalue weighted by atomic mass is 19.4. The van der Waals surface area contributed by atoms with Gasteiger partial charge in [0.1, 0.15) is 5.52 Å². The van der Waals surface area contributed by atoms with E-state index in [1.54, 1.807) is 29.5 Å². The number of benzene rings is 1. The van der Waals surface area contributed by atoms with Crippen LogP contribution in [0.4, 0.5) is 13.2 Å². The first kappa shape index (κ1) is 19.3. The van der Waals surface area contributed by atoms with Crippen molar-refractivity contribution in [2.45, 2.75) is 18.6 Å². The molecule has 1 amide bonds. The van der Waals surface area contributed by atoms with Gasteiger partial charge in [-0.1, -0.05) is 0 Å². The van der Waals surface area contributed by atoms with Crippen LogP contribution in [0.2, 0.25) is 0 Å². The summed E-state index contributed by atoms with van der Waals surface area (Å²) < 4.78 is 45.9. The Labute approximate surface area is 174 Å². The minimum Gasteiger partial charge on any atom is -0.461 e. The summed E-state index contributed by atoms with van der Waals surface area (Å²) in [5, 5.41) is 0. The molecule has 9 heteroatoms. The number of aromatic nitrogens is 3. The lowest BCUT2D eigenvalue weighted by atomic mass is 10.1.